The summed E-state index contributed by atoms with van der Waals surface area (Å²) >= 11 is 11.4. The molecular formula is C7H5Cl2NO4. The molecule has 0 saturated carbocycles. The molecule has 76 valence electrons. The molecule has 0 aliphatic heterocycles. The smallest absolute Gasteiger partial charge is 0.258 e. The topological polar surface area (TPSA) is 72.6 Å². The molecule has 0 bridgehead atoms. The van der Waals surface area contributed by atoms with E-state index in [-0.39, 0.29) is 27.9 Å². The Morgan fingerprint density at radius 2 is 2.14 bits per heavy atom. The van der Waals surface area contributed by atoms with Crippen LogP contribution >= 0.6 is 23.2 Å². The van der Waals surface area contributed by atoms with E-state index in [1.165, 1.54) is 12.1 Å². The van der Waals surface area contributed by atoms with Crippen LogP contribution in [0.5, 0.6) is 0 Å². The van der Waals surface area contributed by atoms with Crippen molar-refractivity contribution < 1.29 is 15.1 Å². The summed E-state index contributed by atoms with van der Waals surface area (Å²) in [4.78, 5) is 13.7. The van der Waals surface area contributed by atoms with E-state index >= 15 is 0 Å². The van der Waals surface area contributed by atoms with Crippen LogP contribution in [0.25, 0.3) is 0 Å². The van der Waals surface area contributed by atoms with Crippen molar-refractivity contribution >= 4 is 28.9 Å². The molecule has 0 unspecified atom stereocenters. The normalized spacial score (nSPS) is 10.2. The van der Waals surface area contributed by atoms with Crippen LogP contribution in [0.3, 0.4) is 0 Å². The van der Waals surface area contributed by atoms with Gasteiger partial charge in [-0.05, 0) is 6.07 Å². The van der Waals surface area contributed by atoms with Gasteiger partial charge in [0, 0.05) is 16.7 Å². The minimum Gasteiger partial charge on any atom is -0.258 e. The highest BCUT2D eigenvalue weighted by Gasteiger charge is 2.18. The van der Waals surface area contributed by atoms with Crippen molar-refractivity contribution in [1.29, 1.82) is 0 Å². The maximum absolute atomic E-state index is 10.5. The summed E-state index contributed by atoms with van der Waals surface area (Å²) in [5.74, 6) is 0. The van der Waals surface area contributed by atoms with Gasteiger partial charge < -0.3 is 0 Å². The van der Waals surface area contributed by atoms with Crippen molar-refractivity contribution in [3.05, 3.63) is 37.9 Å². The molecule has 0 fully saturated rings. The molecule has 0 spiro atoms. The number of halogens is 2. The fraction of sp³-hybridized carbons (Fsp3) is 0.143. The number of hydrogen-bond donors (Lipinski definition) is 1. The summed E-state index contributed by atoms with van der Waals surface area (Å²) in [7, 11) is 0. The molecule has 1 aromatic carbocycles. The third kappa shape index (κ3) is 2.13. The van der Waals surface area contributed by atoms with E-state index in [9.17, 15) is 10.1 Å². The van der Waals surface area contributed by atoms with Gasteiger partial charge in [-0.15, -0.1) is 0 Å². The Balaban J connectivity index is 3.26. The number of hydrogen-bond acceptors (Lipinski definition) is 4. The van der Waals surface area contributed by atoms with Crippen LogP contribution < -0.4 is 0 Å². The number of benzene rings is 1. The average Bonchev–Trinajstić information content (AvgIpc) is 2.11. The molecule has 5 nitrogen and oxygen atoms in total. The lowest BCUT2D eigenvalue weighted by molar-refractivity contribution is -0.384. The van der Waals surface area contributed by atoms with Gasteiger partial charge >= 0.3 is 0 Å². The largest absolute Gasteiger partial charge is 0.288 e. The Kier molecular flexibility index (Phi) is 3.65. The SMILES string of the molecule is O=[N+]([O-])c1ccc(Cl)c(COO)c1Cl. The van der Waals surface area contributed by atoms with Gasteiger partial charge in [-0.2, -0.15) is 0 Å². The second-order valence-corrected chi connectivity index (χ2v) is 3.17. The molecule has 0 aliphatic carbocycles. The van der Waals surface area contributed by atoms with Crippen LogP contribution in [0.1, 0.15) is 5.56 Å². The molecule has 0 aliphatic rings. The molecule has 1 rings (SSSR count). The zero-order valence-corrected chi connectivity index (χ0v) is 8.25. The van der Waals surface area contributed by atoms with E-state index < -0.39 is 4.92 Å². The van der Waals surface area contributed by atoms with E-state index in [0.717, 1.165) is 0 Å². The van der Waals surface area contributed by atoms with Gasteiger partial charge in [0.2, 0.25) is 0 Å². The summed E-state index contributed by atoms with van der Waals surface area (Å²) < 4.78 is 0. The van der Waals surface area contributed by atoms with Crippen molar-refractivity contribution in [2.24, 2.45) is 0 Å². The molecule has 14 heavy (non-hydrogen) atoms. The highest BCUT2D eigenvalue weighted by atomic mass is 35.5. The van der Waals surface area contributed by atoms with Gasteiger partial charge in [-0.1, -0.05) is 23.2 Å². The highest BCUT2D eigenvalue weighted by Crippen LogP contribution is 2.33. The van der Waals surface area contributed by atoms with Gasteiger partial charge in [-0.25, -0.2) is 4.89 Å². The fourth-order valence-electron chi connectivity index (χ4n) is 0.923. The van der Waals surface area contributed by atoms with Crippen LogP contribution in [0.4, 0.5) is 5.69 Å². The molecule has 0 saturated heterocycles. The zero-order chi connectivity index (χ0) is 10.7. The van der Waals surface area contributed by atoms with E-state index in [2.05, 4.69) is 4.89 Å². The fourth-order valence-corrected chi connectivity index (χ4v) is 1.47. The van der Waals surface area contributed by atoms with Gasteiger partial charge in [0.25, 0.3) is 5.69 Å². The predicted molar refractivity (Wildman–Crippen MR) is 50.5 cm³/mol. The zero-order valence-electron chi connectivity index (χ0n) is 6.74. The summed E-state index contributed by atoms with van der Waals surface area (Å²) in [6.07, 6.45) is 0. The summed E-state index contributed by atoms with van der Waals surface area (Å²) in [5, 5.41) is 18.8. The molecule has 1 aromatic rings. The minimum atomic E-state index is -0.639. The lowest BCUT2D eigenvalue weighted by Crippen LogP contribution is -1.96. The van der Waals surface area contributed by atoms with Gasteiger partial charge in [0.15, 0.2) is 0 Å². The average molecular weight is 238 g/mol. The van der Waals surface area contributed by atoms with Crippen LogP contribution in [0.2, 0.25) is 10.0 Å². The minimum absolute atomic E-state index is 0.128. The maximum atomic E-state index is 10.5. The van der Waals surface area contributed by atoms with E-state index in [1.54, 1.807) is 0 Å². The van der Waals surface area contributed by atoms with Crippen LogP contribution in [-0.4, -0.2) is 10.2 Å². The Morgan fingerprint density at radius 3 is 2.64 bits per heavy atom. The van der Waals surface area contributed by atoms with Gasteiger partial charge in [-0.3, -0.25) is 15.4 Å². The first-order valence-corrected chi connectivity index (χ1v) is 4.21. The van der Waals surface area contributed by atoms with Crippen LogP contribution in [0.15, 0.2) is 12.1 Å². The van der Waals surface area contributed by atoms with E-state index in [4.69, 9.17) is 28.5 Å². The monoisotopic (exact) mass is 237 g/mol. The summed E-state index contributed by atoms with van der Waals surface area (Å²) in [6.45, 7) is -0.292. The number of nitro groups is 1. The Morgan fingerprint density at radius 1 is 1.50 bits per heavy atom. The molecule has 7 heteroatoms. The molecule has 0 aromatic heterocycles. The van der Waals surface area contributed by atoms with Crippen molar-refractivity contribution in [3.63, 3.8) is 0 Å². The number of rotatable bonds is 3. The van der Waals surface area contributed by atoms with Crippen molar-refractivity contribution in [2.75, 3.05) is 0 Å². The van der Waals surface area contributed by atoms with E-state index in [0.29, 0.717) is 0 Å². The molecule has 0 heterocycles. The van der Waals surface area contributed by atoms with Crippen molar-refractivity contribution in [2.45, 2.75) is 6.61 Å². The first-order chi connectivity index (χ1) is 6.57. The van der Waals surface area contributed by atoms with Crippen LogP contribution in [0, 0.1) is 10.1 Å². The number of nitro benzene ring substituents is 1. The lowest BCUT2D eigenvalue weighted by atomic mass is 10.2. The lowest BCUT2D eigenvalue weighted by Gasteiger charge is -2.04. The first kappa shape index (κ1) is 11.2. The Bertz CT molecular complexity index is 369. The third-order valence-electron chi connectivity index (χ3n) is 1.57. The summed E-state index contributed by atoms with van der Waals surface area (Å²) in [6, 6.07) is 2.51. The predicted octanol–water partition coefficient (Wildman–Crippen LogP) is 2.89. The Labute approximate surface area is 88.9 Å². The molecule has 0 radical (unpaired) electrons. The quantitative estimate of drug-likeness (QED) is 0.499. The van der Waals surface area contributed by atoms with Crippen LogP contribution in [-0.2, 0) is 11.5 Å². The highest BCUT2D eigenvalue weighted by molar-refractivity contribution is 6.37. The summed E-state index contributed by atoms with van der Waals surface area (Å²) in [5.41, 5.74) is -0.0897. The maximum Gasteiger partial charge on any atom is 0.288 e. The molecule has 1 N–H and O–H groups in total. The van der Waals surface area contributed by atoms with Crippen molar-refractivity contribution in [1.82, 2.24) is 0 Å². The standard InChI is InChI=1S/C7H5Cl2NO4/c8-5-1-2-6(10(11)12)7(9)4(5)3-14-13/h1-2,13H,3H2. The molecule has 0 atom stereocenters. The Hall–Kier alpha value is -0.880. The van der Waals surface area contributed by atoms with Gasteiger partial charge in [0.05, 0.1) is 4.92 Å². The third-order valence-corrected chi connectivity index (χ3v) is 2.35. The van der Waals surface area contributed by atoms with E-state index in [1.807, 2.05) is 0 Å². The second-order valence-electron chi connectivity index (χ2n) is 2.39. The molecular weight excluding hydrogens is 233 g/mol. The van der Waals surface area contributed by atoms with Crippen molar-refractivity contribution in [3.8, 4) is 0 Å². The second kappa shape index (κ2) is 4.56. The first-order valence-electron chi connectivity index (χ1n) is 3.45. The van der Waals surface area contributed by atoms with Gasteiger partial charge in [0.1, 0.15) is 11.6 Å². The number of nitrogens with zero attached hydrogens (tertiary/aromatic N) is 1. The molecule has 0 amide bonds.